The van der Waals surface area contributed by atoms with Crippen LogP contribution in [-0.2, 0) is 16.9 Å². The highest BCUT2D eigenvalue weighted by Gasteiger charge is 2.52. The molecule has 3 amide bonds. The van der Waals surface area contributed by atoms with Crippen LogP contribution < -0.4 is 20.4 Å². The van der Waals surface area contributed by atoms with E-state index in [1.807, 2.05) is 19.1 Å². The zero-order chi connectivity index (χ0) is 22.7. The maximum absolute atomic E-state index is 13.4. The summed E-state index contributed by atoms with van der Waals surface area (Å²) < 4.78 is 0.706. The highest BCUT2D eigenvalue weighted by Crippen LogP contribution is 2.41. The Labute approximate surface area is 196 Å². The number of aliphatic hydroxyl groups is 1. The Kier molecular flexibility index (Phi) is 6.83. The molecule has 2 aromatic carbocycles. The molecule has 1 unspecified atom stereocenters. The van der Waals surface area contributed by atoms with E-state index >= 15 is 0 Å². The van der Waals surface area contributed by atoms with E-state index in [4.69, 9.17) is 0 Å². The van der Waals surface area contributed by atoms with E-state index in [-0.39, 0.29) is 0 Å². The van der Waals surface area contributed by atoms with Crippen LogP contribution >= 0.6 is 15.9 Å². The minimum absolute atomic E-state index is 0.328. The highest BCUT2D eigenvalue weighted by molar-refractivity contribution is 9.10. The number of aryl methyl sites for hydroxylation is 1. The van der Waals surface area contributed by atoms with Crippen molar-refractivity contribution in [1.29, 1.82) is 0 Å². The van der Waals surface area contributed by atoms with Crippen molar-refractivity contribution in [2.75, 3.05) is 36.4 Å². The fourth-order valence-electron chi connectivity index (χ4n) is 4.55. The van der Waals surface area contributed by atoms with Crippen LogP contribution in [0.3, 0.4) is 0 Å². The molecular weight excluding hydrogens is 472 g/mol. The Morgan fingerprint density at radius 2 is 1.94 bits per heavy atom. The van der Waals surface area contributed by atoms with E-state index in [1.54, 1.807) is 35.2 Å². The number of carbonyl (C=O) groups excluding carboxylic acids is 2. The van der Waals surface area contributed by atoms with Gasteiger partial charge in [-0.2, -0.15) is 0 Å². The van der Waals surface area contributed by atoms with Gasteiger partial charge < -0.3 is 20.6 Å². The minimum atomic E-state index is -2.17. The third-order valence-electron chi connectivity index (χ3n) is 6.35. The van der Waals surface area contributed by atoms with Crippen LogP contribution in [0.25, 0.3) is 0 Å². The molecule has 1 fully saturated rings. The number of hydrogen-bond acceptors (Lipinski definition) is 3. The zero-order valence-corrected chi connectivity index (χ0v) is 19.9. The first kappa shape index (κ1) is 22.8. The van der Waals surface area contributed by atoms with Crippen LogP contribution in [0.1, 0.15) is 37.3 Å². The van der Waals surface area contributed by atoms with Crippen molar-refractivity contribution in [3.63, 3.8) is 0 Å². The molecule has 2 aliphatic rings. The number of anilines is 2. The standard InChI is InChI=1S/C24H29BrN4O3/c1-2-17-6-9-19(10-7-17)29-23(31)27-21-11-8-18(25)16-20(21)24(29,32)22(30)26-12-5-15-28-13-3-4-14-28/h6-11,16,32H,2-5,12-15H2,1H3,(H,26,30)(H,27,31)/p+1. The SMILES string of the molecule is CCc1ccc(N2C(=O)Nc3ccc(Br)cc3C2(O)C(=O)NCCC[NH+]2CCCC2)cc1. The number of quaternary nitrogens is 1. The molecule has 1 saturated heterocycles. The number of likely N-dealkylation sites (tertiary alicyclic amines) is 1. The van der Waals surface area contributed by atoms with Crippen molar-refractivity contribution in [2.24, 2.45) is 0 Å². The molecule has 1 atom stereocenters. The van der Waals surface area contributed by atoms with Crippen LogP contribution in [-0.4, -0.2) is 43.2 Å². The number of hydrogen-bond donors (Lipinski definition) is 4. The first-order chi connectivity index (χ1) is 15.4. The Morgan fingerprint density at radius 1 is 1.22 bits per heavy atom. The molecule has 0 bridgehead atoms. The van der Waals surface area contributed by atoms with Crippen LogP contribution in [0.5, 0.6) is 0 Å². The number of nitrogens with one attached hydrogen (secondary N) is 3. The summed E-state index contributed by atoms with van der Waals surface area (Å²) in [5.41, 5.74) is 0.124. The fourth-order valence-corrected chi connectivity index (χ4v) is 4.91. The number of amides is 3. The fraction of sp³-hybridized carbons (Fsp3) is 0.417. The van der Waals surface area contributed by atoms with E-state index in [2.05, 4.69) is 26.6 Å². The molecule has 8 heteroatoms. The van der Waals surface area contributed by atoms with Crippen LogP contribution in [0.4, 0.5) is 16.2 Å². The molecule has 0 saturated carbocycles. The van der Waals surface area contributed by atoms with Gasteiger partial charge in [0, 0.05) is 41.5 Å². The predicted octanol–water partition coefficient (Wildman–Crippen LogP) is 2.39. The van der Waals surface area contributed by atoms with Gasteiger partial charge in [-0.05, 0) is 42.3 Å². The number of rotatable bonds is 7. The van der Waals surface area contributed by atoms with Crippen LogP contribution in [0.15, 0.2) is 46.9 Å². The minimum Gasteiger partial charge on any atom is -0.359 e. The number of fused-ring (bicyclic) bond motifs is 1. The third kappa shape index (κ3) is 4.40. The zero-order valence-electron chi connectivity index (χ0n) is 18.3. The molecule has 2 aliphatic heterocycles. The molecule has 0 aromatic heterocycles. The van der Waals surface area contributed by atoms with Crippen molar-refractivity contribution in [1.82, 2.24) is 5.32 Å². The van der Waals surface area contributed by atoms with Crippen molar-refractivity contribution in [2.45, 2.75) is 38.3 Å². The maximum Gasteiger partial charge on any atom is 0.329 e. The van der Waals surface area contributed by atoms with Crippen molar-refractivity contribution >= 4 is 39.2 Å². The second-order valence-corrected chi connectivity index (χ2v) is 9.38. The molecular formula is C24H30BrN4O3+. The maximum atomic E-state index is 13.4. The first-order valence-corrected chi connectivity index (χ1v) is 12.1. The number of nitrogens with zero attached hydrogens (tertiary/aromatic N) is 1. The highest BCUT2D eigenvalue weighted by atomic mass is 79.9. The van der Waals surface area contributed by atoms with Gasteiger partial charge in [-0.25, -0.2) is 4.79 Å². The molecule has 4 N–H and O–H groups in total. The quantitative estimate of drug-likeness (QED) is 0.439. The number of benzene rings is 2. The Morgan fingerprint density at radius 3 is 2.62 bits per heavy atom. The molecule has 2 aromatic rings. The number of urea groups is 1. The van der Waals surface area contributed by atoms with Crippen LogP contribution in [0.2, 0.25) is 0 Å². The average Bonchev–Trinajstić information content (AvgIpc) is 3.31. The second kappa shape index (κ2) is 9.60. The number of halogens is 1. The second-order valence-electron chi connectivity index (χ2n) is 8.46. The normalized spacial score (nSPS) is 20.7. The van der Waals surface area contributed by atoms with Gasteiger partial charge in [-0.1, -0.05) is 35.0 Å². The Bertz CT molecular complexity index is 991. The molecule has 0 radical (unpaired) electrons. The van der Waals surface area contributed by atoms with Crippen molar-refractivity contribution < 1.29 is 19.6 Å². The smallest absolute Gasteiger partial charge is 0.329 e. The van der Waals surface area contributed by atoms with Crippen molar-refractivity contribution in [3.8, 4) is 0 Å². The summed E-state index contributed by atoms with van der Waals surface area (Å²) in [5.74, 6) is -0.609. The van der Waals surface area contributed by atoms with Gasteiger partial charge in [0.25, 0.3) is 11.6 Å². The van der Waals surface area contributed by atoms with E-state index in [0.717, 1.165) is 29.8 Å². The summed E-state index contributed by atoms with van der Waals surface area (Å²) in [6.45, 7) is 5.84. The molecule has 2 heterocycles. The third-order valence-corrected chi connectivity index (χ3v) is 6.84. The van der Waals surface area contributed by atoms with Gasteiger partial charge in [-0.3, -0.25) is 9.69 Å². The molecule has 0 spiro atoms. The van der Waals surface area contributed by atoms with Crippen molar-refractivity contribution in [3.05, 3.63) is 58.1 Å². The largest absolute Gasteiger partial charge is 0.359 e. The molecule has 170 valence electrons. The van der Waals surface area contributed by atoms with E-state index in [9.17, 15) is 14.7 Å². The monoisotopic (exact) mass is 501 g/mol. The average molecular weight is 502 g/mol. The lowest BCUT2D eigenvalue weighted by molar-refractivity contribution is -0.887. The van der Waals surface area contributed by atoms with E-state index in [0.29, 0.717) is 28.0 Å². The number of carbonyl (C=O) groups is 2. The lowest BCUT2D eigenvalue weighted by Gasteiger charge is -2.42. The van der Waals surface area contributed by atoms with Gasteiger partial charge in [0.15, 0.2) is 0 Å². The summed E-state index contributed by atoms with van der Waals surface area (Å²) in [7, 11) is 0. The van der Waals surface area contributed by atoms with Gasteiger partial charge in [0.1, 0.15) is 0 Å². The topological polar surface area (TPSA) is 86.1 Å². The summed E-state index contributed by atoms with van der Waals surface area (Å²) in [5, 5.41) is 17.5. The summed E-state index contributed by atoms with van der Waals surface area (Å²) >= 11 is 3.43. The lowest BCUT2D eigenvalue weighted by Crippen LogP contribution is -3.10. The van der Waals surface area contributed by atoms with Gasteiger partial charge >= 0.3 is 6.03 Å². The van der Waals surface area contributed by atoms with Gasteiger partial charge in [-0.15, -0.1) is 0 Å². The Hall–Kier alpha value is -2.42. The summed E-state index contributed by atoms with van der Waals surface area (Å²) in [6, 6.07) is 11.9. The lowest BCUT2D eigenvalue weighted by atomic mass is 9.94. The predicted molar refractivity (Wildman–Crippen MR) is 128 cm³/mol. The van der Waals surface area contributed by atoms with E-state index in [1.165, 1.54) is 25.9 Å². The van der Waals surface area contributed by atoms with Gasteiger partial charge in [0.05, 0.1) is 25.3 Å². The molecule has 4 rings (SSSR count). The first-order valence-electron chi connectivity index (χ1n) is 11.3. The summed E-state index contributed by atoms with van der Waals surface area (Å²) in [4.78, 5) is 29.2. The molecule has 32 heavy (non-hydrogen) atoms. The van der Waals surface area contributed by atoms with E-state index < -0.39 is 17.7 Å². The molecule has 7 nitrogen and oxygen atoms in total. The molecule has 0 aliphatic carbocycles. The van der Waals surface area contributed by atoms with Gasteiger partial charge in [0.2, 0.25) is 0 Å². The van der Waals surface area contributed by atoms with Crippen LogP contribution in [0, 0.1) is 0 Å². The Balaban J connectivity index is 1.63. The summed E-state index contributed by atoms with van der Waals surface area (Å²) in [6.07, 6.45) is 4.19.